The van der Waals surface area contributed by atoms with Crippen molar-refractivity contribution in [3.63, 3.8) is 0 Å². The van der Waals surface area contributed by atoms with E-state index in [-0.39, 0.29) is 17.7 Å². The number of likely N-dealkylation sites (tertiary alicyclic amines) is 1. The van der Waals surface area contributed by atoms with Gasteiger partial charge >= 0.3 is 0 Å². The molecule has 0 bridgehead atoms. The summed E-state index contributed by atoms with van der Waals surface area (Å²) >= 11 is 0. The first kappa shape index (κ1) is 18.3. The topological polar surface area (TPSA) is 95.6 Å². The molecule has 0 aromatic heterocycles. The molecule has 2 amide bonds. The average molecular weight is 353 g/mol. The molecule has 1 aromatic carbocycles. The number of carbonyl (C=O) groups is 2. The Morgan fingerprint density at radius 1 is 1.33 bits per heavy atom. The second-order valence-electron chi connectivity index (χ2n) is 5.94. The second-order valence-corrected chi connectivity index (χ2v) is 7.69. The van der Waals surface area contributed by atoms with Gasteiger partial charge in [0.05, 0.1) is 12.2 Å². The summed E-state index contributed by atoms with van der Waals surface area (Å²) in [6, 6.07) is 6.38. The van der Waals surface area contributed by atoms with Gasteiger partial charge in [-0.05, 0) is 38.0 Å². The molecule has 1 aliphatic heterocycles. The van der Waals surface area contributed by atoms with Gasteiger partial charge in [0.1, 0.15) is 0 Å². The zero-order chi connectivity index (χ0) is 17.7. The number of hydrogen-bond acceptors (Lipinski definition) is 4. The Morgan fingerprint density at radius 3 is 2.75 bits per heavy atom. The minimum atomic E-state index is -3.40. The molecule has 0 spiro atoms. The minimum absolute atomic E-state index is 0.0255. The van der Waals surface area contributed by atoms with E-state index < -0.39 is 10.0 Å². The quantitative estimate of drug-likeness (QED) is 0.827. The number of hydrogen-bond donors (Lipinski definition) is 2. The molecule has 7 nitrogen and oxygen atoms in total. The number of sulfonamides is 1. The molecule has 1 atom stereocenters. The van der Waals surface area contributed by atoms with Crippen molar-refractivity contribution in [2.24, 2.45) is 5.92 Å². The third-order valence-electron chi connectivity index (χ3n) is 3.84. The van der Waals surface area contributed by atoms with Crippen LogP contribution in [0.15, 0.2) is 24.3 Å². The lowest BCUT2D eigenvalue weighted by Crippen LogP contribution is -2.45. The molecule has 8 heteroatoms. The van der Waals surface area contributed by atoms with Crippen LogP contribution in [0.1, 0.15) is 30.1 Å². The summed E-state index contributed by atoms with van der Waals surface area (Å²) in [5, 5.41) is 2.80. The normalized spacial score (nSPS) is 18.1. The first-order chi connectivity index (χ1) is 11.3. The first-order valence-electron chi connectivity index (χ1n) is 7.95. The van der Waals surface area contributed by atoms with Crippen LogP contribution < -0.4 is 10.0 Å². The van der Waals surface area contributed by atoms with Crippen LogP contribution in [-0.4, -0.2) is 51.0 Å². The average Bonchev–Trinajstić information content (AvgIpc) is 2.53. The Balaban J connectivity index is 2.10. The second kappa shape index (κ2) is 7.65. The number of rotatable bonds is 5. The zero-order valence-electron chi connectivity index (χ0n) is 13.9. The molecule has 0 saturated carbocycles. The Bertz CT molecular complexity index is 718. The summed E-state index contributed by atoms with van der Waals surface area (Å²) < 4.78 is 25.0. The summed E-state index contributed by atoms with van der Waals surface area (Å²) in [4.78, 5) is 26.3. The van der Waals surface area contributed by atoms with Crippen LogP contribution in [0.3, 0.4) is 0 Å². The molecule has 1 fully saturated rings. The third-order valence-corrected chi connectivity index (χ3v) is 4.45. The lowest BCUT2D eigenvalue weighted by molar-refractivity contribution is -0.126. The van der Waals surface area contributed by atoms with E-state index in [2.05, 4.69) is 10.0 Å². The van der Waals surface area contributed by atoms with Gasteiger partial charge in [-0.2, -0.15) is 0 Å². The maximum absolute atomic E-state index is 12.7. The summed E-state index contributed by atoms with van der Waals surface area (Å²) in [7, 11) is -3.40. The lowest BCUT2D eigenvalue weighted by atomic mass is 9.96. The highest BCUT2D eigenvalue weighted by atomic mass is 32.2. The fourth-order valence-corrected chi connectivity index (χ4v) is 3.36. The van der Waals surface area contributed by atoms with Crippen molar-refractivity contribution in [2.45, 2.75) is 19.8 Å². The highest BCUT2D eigenvalue weighted by Crippen LogP contribution is 2.20. The van der Waals surface area contributed by atoms with Gasteiger partial charge in [0.2, 0.25) is 15.9 Å². The molecule has 1 saturated heterocycles. The monoisotopic (exact) mass is 353 g/mol. The van der Waals surface area contributed by atoms with Gasteiger partial charge in [0.25, 0.3) is 5.91 Å². The number of benzene rings is 1. The fraction of sp³-hybridized carbons (Fsp3) is 0.500. The van der Waals surface area contributed by atoms with Crippen molar-refractivity contribution in [3.8, 4) is 0 Å². The number of nitrogens with one attached hydrogen (secondary N) is 2. The minimum Gasteiger partial charge on any atom is -0.356 e. The molecular weight excluding hydrogens is 330 g/mol. The van der Waals surface area contributed by atoms with Gasteiger partial charge < -0.3 is 10.2 Å². The van der Waals surface area contributed by atoms with E-state index in [1.165, 1.54) is 6.07 Å². The number of anilines is 1. The predicted molar refractivity (Wildman–Crippen MR) is 92.2 cm³/mol. The molecule has 1 heterocycles. The molecule has 0 radical (unpaired) electrons. The summed E-state index contributed by atoms with van der Waals surface area (Å²) in [5.74, 6) is -0.413. The molecular formula is C16H23N3O4S. The molecule has 24 heavy (non-hydrogen) atoms. The molecule has 1 aliphatic rings. The van der Waals surface area contributed by atoms with Crippen LogP contribution in [0.2, 0.25) is 0 Å². The Kier molecular flexibility index (Phi) is 5.82. The van der Waals surface area contributed by atoms with Crippen LogP contribution >= 0.6 is 0 Å². The Hall–Kier alpha value is -2.09. The Morgan fingerprint density at radius 2 is 2.08 bits per heavy atom. The van der Waals surface area contributed by atoms with Crippen molar-refractivity contribution < 1.29 is 18.0 Å². The first-order valence-corrected chi connectivity index (χ1v) is 9.84. The van der Waals surface area contributed by atoms with Crippen LogP contribution in [0.4, 0.5) is 5.69 Å². The van der Waals surface area contributed by atoms with E-state index in [0.29, 0.717) is 30.9 Å². The van der Waals surface area contributed by atoms with E-state index in [4.69, 9.17) is 0 Å². The van der Waals surface area contributed by atoms with Gasteiger partial charge in [-0.1, -0.05) is 6.07 Å². The summed E-state index contributed by atoms with van der Waals surface area (Å²) in [6.45, 7) is 3.42. The van der Waals surface area contributed by atoms with Gasteiger partial charge in [0.15, 0.2) is 0 Å². The highest BCUT2D eigenvalue weighted by molar-refractivity contribution is 7.92. The Labute approximate surface area is 142 Å². The fourth-order valence-electron chi connectivity index (χ4n) is 2.81. The standard InChI is InChI=1S/C16H23N3O4S/c1-3-17-15(20)13-7-5-9-19(11-13)16(21)12-6-4-8-14(10-12)18-24(2,22)23/h4,6,8,10,13,18H,3,5,7,9,11H2,1-2H3,(H,17,20)/t13-/m0/s1. The third kappa shape index (κ3) is 4.95. The van der Waals surface area contributed by atoms with Crippen molar-refractivity contribution in [3.05, 3.63) is 29.8 Å². The lowest BCUT2D eigenvalue weighted by Gasteiger charge is -2.32. The largest absolute Gasteiger partial charge is 0.356 e. The van der Waals surface area contributed by atoms with Gasteiger partial charge in [-0.3, -0.25) is 14.3 Å². The molecule has 2 N–H and O–H groups in total. The van der Waals surface area contributed by atoms with E-state index in [1.54, 1.807) is 23.1 Å². The molecule has 2 rings (SSSR count). The van der Waals surface area contributed by atoms with E-state index in [9.17, 15) is 18.0 Å². The van der Waals surface area contributed by atoms with Crippen LogP contribution in [0.25, 0.3) is 0 Å². The van der Waals surface area contributed by atoms with E-state index >= 15 is 0 Å². The van der Waals surface area contributed by atoms with Gasteiger partial charge in [0, 0.05) is 30.9 Å². The number of amides is 2. The molecule has 0 aliphatic carbocycles. The van der Waals surface area contributed by atoms with Gasteiger partial charge in [-0.25, -0.2) is 8.42 Å². The summed E-state index contributed by atoms with van der Waals surface area (Å²) in [6.07, 6.45) is 2.60. The smallest absolute Gasteiger partial charge is 0.253 e. The van der Waals surface area contributed by atoms with Crippen LogP contribution in [0, 0.1) is 5.92 Å². The van der Waals surface area contributed by atoms with E-state index in [1.807, 2.05) is 6.92 Å². The van der Waals surface area contributed by atoms with Crippen molar-refractivity contribution >= 4 is 27.5 Å². The summed E-state index contributed by atoms with van der Waals surface area (Å²) in [5.41, 5.74) is 0.751. The van der Waals surface area contributed by atoms with E-state index in [0.717, 1.165) is 19.1 Å². The highest BCUT2D eigenvalue weighted by Gasteiger charge is 2.28. The van der Waals surface area contributed by atoms with Crippen molar-refractivity contribution in [1.82, 2.24) is 10.2 Å². The zero-order valence-corrected chi connectivity index (χ0v) is 14.7. The van der Waals surface area contributed by atoms with Crippen molar-refractivity contribution in [2.75, 3.05) is 30.6 Å². The molecule has 0 unspecified atom stereocenters. The van der Waals surface area contributed by atoms with Gasteiger partial charge in [-0.15, -0.1) is 0 Å². The number of nitrogens with zero attached hydrogens (tertiary/aromatic N) is 1. The van der Waals surface area contributed by atoms with Crippen molar-refractivity contribution in [1.29, 1.82) is 0 Å². The molecule has 1 aromatic rings. The predicted octanol–water partition coefficient (Wildman–Crippen LogP) is 1.05. The maximum Gasteiger partial charge on any atom is 0.253 e. The molecule has 132 valence electrons. The number of carbonyl (C=O) groups excluding carboxylic acids is 2. The SMILES string of the molecule is CCNC(=O)[C@H]1CCCN(C(=O)c2cccc(NS(C)(=O)=O)c2)C1. The van der Waals surface area contributed by atoms with Crippen LogP contribution in [0.5, 0.6) is 0 Å². The maximum atomic E-state index is 12.7. The van der Waals surface area contributed by atoms with Crippen LogP contribution in [-0.2, 0) is 14.8 Å². The number of piperidine rings is 1.